The van der Waals surface area contributed by atoms with E-state index in [1.165, 1.54) is 12.6 Å². The first-order chi connectivity index (χ1) is 19.6. The molecule has 4 N–H and O–H groups in total. The van der Waals surface area contributed by atoms with Crippen molar-refractivity contribution < 1.29 is 41.1 Å². The molecule has 1 heterocycles. The summed E-state index contributed by atoms with van der Waals surface area (Å²) < 4.78 is 80.6. The second-order valence-corrected chi connectivity index (χ2v) is 10.8. The number of carbonyl (C=O) groups is 1. The van der Waals surface area contributed by atoms with Gasteiger partial charge in [-0.15, -0.1) is 4.99 Å². The summed E-state index contributed by atoms with van der Waals surface area (Å²) in [6, 6.07) is 3.88. The average Bonchev–Trinajstić information content (AvgIpc) is 2.95. The smallest absolute Gasteiger partial charge is 0.261 e. The van der Waals surface area contributed by atoms with Crippen molar-refractivity contribution in [2.24, 2.45) is 10.9 Å². The van der Waals surface area contributed by atoms with Crippen LogP contribution >= 0.6 is 0 Å². The molecule has 222 valence electrons. The lowest BCUT2D eigenvalue weighted by Gasteiger charge is -2.35. The van der Waals surface area contributed by atoms with Gasteiger partial charge in [0, 0.05) is 26.7 Å². The molecule has 1 saturated heterocycles. The normalized spacial score (nSPS) is 15.2. The van der Waals surface area contributed by atoms with E-state index < -0.39 is 50.1 Å². The Morgan fingerprint density at radius 3 is 2.39 bits per heavy atom. The highest BCUT2D eigenvalue weighted by molar-refractivity contribution is 7.89. The van der Waals surface area contributed by atoms with E-state index in [0.29, 0.717) is 57.2 Å². The van der Waals surface area contributed by atoms with Crippen LogP contribution in [0.15, 0.2) is 46.3 Å². The lowest BCUT2D eigenvalue weighted by molar-refractivity contribution is -0.131. The summed E-state index contributed by atoms with van der Waals surface area (Å²) in [5.74, 6) is -5.14. The number of sulfonamides is 1. The molecule has 0 bridgehead atoms. The van der Waals surface area contributed by atoms with Gasteiger partial charge < -0.3 is 19.7 Å². The molecule has 0 spiro atoms. The number of hydrogen-bond donors (Lipinski definition) is 4. The molecule has 2 aromatic carbocycles. The molecule has 1 unspecified atom stereocenters. The molecular formula is C25H29F3N6O6S. The van der Waals surface area contributed by atoms with Crippen molar-refractivity contribution in [2.45, 2.75) is 30.2 Å². The van der Waals surface area contributed by atoms with E-state index in [0.717, 1.165) is 24.3 Å². The molecule has 41 heavy (non-hydrogen) atoms. The fraction of sp³-hybridized carbons (Fsp3) is 0.400. The molecular weight excluding hydrogens is 569 g/mol. The maximum Gasteiger partial charge on any atom is 0.261 e. The molecule has 2 aromatic rings. The number of amides is 1. The van der Waals surface area contributed by atoms with Crippen molar-refractivity contribution in [3.05, 3.63) is 53.8 Å². The third kappa shape index (κ3) is 8.79. The van der Waals surface area contributed by atoms with Crippen LogP contribution in [0.4, 0.5) is 13.2 Å². The molecule has 3 rings (SSSR count). The molecule has 0 aromatic heterocycles. The minimum Gasteiger partial charge on any atom is -0.451 e. The molecule has 0 aliphatic carbocycles. The number of nitriles is 1. The minimum atomic E-state index is -4.64. The number of rotatable bonds is 11. The van der Waals surface area contributed by atoms with E-state index in [-0.39, 0.29) is 18.1 Å². The number of halogens is 3. The standard InChI is InChI=1S/C25H29F3N6O6S/c1-39-11-8-30-25(31-15-29)34-9-6-16(7-10-34)12-22(24(35)32-36)33-41(37,38)19-13-20(27)23(21(28)14-19)40-18-4-2-17(26)3-5-18/h2-5,13-14,16,22,33,36H,6-12H2,1H3,(H,30,31)(H,32,35). The Bertz CT molecular complexity index is 1360. The quantitative estimate of drug-likeness (QED) is 0.0758. The highest BCUT2D eigenvalue weighted by Crippen LogP contribution is 2.30. The number of carbonyl (C=O) groups excluding carboxylic acids is 1. The Morgan fingerprint density at radius 2 is 1.83 bits per heavy atom. The van der Waals surface area contributed by atoms with E-state index >= 15 is 0 Å². The fourth-order valence-electron chi connectivity index (χ4n) is 4.20. The number of piperidine rings is 1. The number of nitrogens with one attached hydrogen (secondary N) is 3. The molecule has 12 nitrogen and oxygen atoms in total. The first-order valence-corrected chi connectivity index (χ1v) is 13.9. The first-order valence-electron chi connectivity index (χ1n) is 12.4. The number of methoxy groups -OCH3 is 1. The summed E-state index contributed by atoms with van der Waals surface area (Å²) in [4.78, 5) is 17.1. The van der Waals surface area contributed by atoms with Crippen LogP contribution in [0, 0.1) is 34.8 Å². The van der Waals surface area contributed by atoms with Gasteiger partial charge in [-0.3, -0.25) is 10.0 Å². The van der Waals surface area contributed by atoms with Crippen molar-refractivity contribution in [3.63, 3.8) is 0 Å². The molecule has 1 atom stereocenters. The predicted molar refractivity (Wildman–Crippen MR) is 139 cm³/mol. The summed E-state index contributed by atoms with van der Waals surface area (Å²) in [5.41, 5.74) is 1.42. The number of ether oxygens (including phenoxy) is 2. The summed E-state index contributed by atoms with van der Waals surface area (Å²) >= 11 is 0. The van der Waals surface area contributed by atoms with Crippen molar-refractivity contribution in [3.8, 4) is 17.7 Å². The van der Waals surface area contributed by atoms with Gasteiger partial charge in [-0.2, -0.15) is 9.98 Å². The summed E-state index contributed by atoms with van der Waals surface area (Å²) in [5, 5.41) is 21.2. The van der Waals surface area contributed by atoms with Crippen LogP contribution in [0.1, 0.15) is 19.3 Å². The van der Waals surface area contributed by atoms with E-state index in [1.54, 1.807) is 6.19 Å². The van der Waals surface area contributed by atoms with Gasteiger partial charge in [0.25, 0.3) is 5.91 Å². The van der Waals surface area contributed by atoms with Crippen LogP contribution in [0.5, 0.6) is 11.5 Å². The second-order valence-electron chi connectivity index (χ2n) is 9.04. The molecule has 1 aliphatic heterocycles. The molecule has 0 saturated carbocycles. The highest BCUT2D eigenvalue weighted by Gasteiger charge is 2.32. The van der Waals surface area contributed by atoms with Gasteiger partial charge >= 0.3 is 0 Å². The molecule has 16 heteroatoms. The van der Waals surface area contributed by atoms with Crippen molar-refractivity contribution in [1.29, 1.82) is 5.26 Å². The fourth-order valence-corrected chi connectivity index (χ4v) is 5.43. The van der Waals surface area contributed by atoms with Crippen LogP contribution in [0.2, 0.25) is 0 Å². The molecule has 0 radical (unpaired) electrons. The summed E-state index contributed by atoms with van der Waals surface area (Å²) in [6.07, 6.45) is 2.69. The highest BCUT2D eigenvalue weighted by atomic mass is 32.2. The topological polar surface area (TPSA) is 165 Å². The van der Waals surface area contributed by atoms with Gasteiger partial charge in [0.05, 0.1) is 11.5 Å². The Balaban J connectivity index is 1.69. The maximum atomic E-state index is 14.7. The number of likely N-dealkylation sites (tertiary alicyclic amines) is 1. The Hall–Kier alpha value is -3.91. The minimum absolute atomic E-state index is 0.0297. The zero-order valence-corrected chi connectivity index (χ0v) is 22.8. The molecule has 1 fully saturated rings. The lowest BCUT2D eigenvalue weighted by atomic mass is 9.90. The van der Waals surface area contributed by atoms with E-state index in [2.05, 4.69) is 15.0 Å². The maximum absolute atomic E-state index is 14.7. The number of benzene rings is 2. The molecule has 1 aliphatic rings. The van der Waals surface area contributed by atoms with Gasteiger partial charge in [-0.1, -0.05) is 0 Å². The average molecular weight is 599 g/mol. The lowest BCUT2D eigenvalue weighted by Crippen LogP contribution is -2.49. The van der Waals surface area contributed by atoms with Gasteiger partial charge in [-0.05, 0) is 61.6 Å². The third-order valence-electron chi connectivity index (χ3n) is 6.27. The van der Waals surface area contributed by atoms with Gasteiger partial charge in [0.1, 0.15) is 17.6 Å². The largest absolute Gasteiger partial charge is 0.451 e. The summed E-state index contributed by atoms with van der Waals surface area (Å²) in [7, 11) is -3.11. The number of hydrogen-bond acceptors (Lipinski definition) is 8. The number of guanidine groups is 1. The first kappa shape index (κ1) is 31.6. The third-order valence-corrected chi connectivity index (χ3v) is 7.72. The monoisotopic (exact) mass is 598 g/mol. The van der Waals surface area contributed by atoms with Crippen molar-refractivity contribution >= 4 is 21.9 Å². The second kappa shape index (κ2) is 14.6. The number of aliphatic imine (C=N–C) groups is 1. The molecule has 1 amide bonds. The van der Waals surface area contributed by atoms with E-state index in [1.807, 2.05) is 4.90 Å². The zero-order chi connectivity index (χ0) is 30.0. The summed E-state index contributed by atoms with van der Waals surface area (Å²) in [6.45, 7) is 1.71. The van der Waals surface area contributed by atoms with Crippen LogP contribution in [0.3, 0.4) is 0 Å². The van der Waals surface area contributed by atoms with Crippen molar-refractivity contribution in [2.75, 3.05) is 33.4 Å². The van der Waals surface area contributed by atoms with Crippen LogP contribution < -0.4 is 20.3 Å². The van der Waals surface area contributed by atoms with E-state index in [9.17, 15) is 31.6 Å². The Morgan fingerprint density at radius 1 is 1.20 bits per heavy atom. The zero-order valence-electron chi connectivity index (χ0n) is 21.9. The van der Waals surface area contributed by atoms with Crippen LogP contribution in [-0.4, -0.2) is 69.8 Å². The van der Waals surface area contributed by atoms with E-state index in [4.69, 9.17) is 14.7 Å². The van der Waals surface area contributed by atoms with Crippen LogP contribution in [-0.2, 0) is 19.6 Å². The van der Waals surface area contributed by atoms with Gasteiger partial charge in [0.2, 0.25) is 22.2 Å². The number of nitrogens with zero attached hydrogens (tertiary/aromatic N) is 3. The van der Waals surface area contributed by atoms with Gasteiger partial charge in [0.15, 0.2) is 17.4 Å². The van der Waals surface area contributed by atoms with Crippen LogP contribution in [0.25, 0.3) is 0 Å². The van der Waals surface area contributed by atoms with Crippen molar-refractivity contribution in [1.82, 2.24) is 20.4 Å². The SMILES string of the molecule is COCCN/C(=N\C#N)N1CCC(CC(NS(=O)(=O)c2cc(F)c(Oc3ccc(F)cc3)c(F)c2)C(=O)NO)CC1. The van der Waals surface area contributed by atoms with Gasteiger partial charge in [-0.25, -0.2) is 27.1 Å². The Kier molecular flexibility index (Phi) is 11.3. The number of hydroxylamine groups is 1. The predicted octanol–water partition coefficient (Wildman–Crippen LogP) is 2.22. The Labute approximate surface area is 234 Å².